The number of sulfonamides is 1. The minimum atomic E-state index is -3.57. The zero-order chi connectivity index (χ0) is 21.0. The van der Waals surface area contributed by atoms with Gasteiger partial charge in [-0.25, -0.2) is 8.42 Å². The Hall–Kier alpha value is -2.27. The quantitative estimate of drug-likeness (QED) is 0.556. The average Bonchev–Trinajstić information content (AvgIpc) is 3.31. The fraction of sp³-hybridized carbons (Fsp3) is 0.278. The van der Waals surface area contributed by atoms with Crippen LogP contribution in [-0.4, -0.2) is 41.9 Å². The zero-order valence-electron chi connectivity index (χ0n) is 15.8. The minimum Gasteiger partial charge on any atom is -0.407 e. The summed E-state index contributed by atoms with van der Waals surface area (Å²) in [5.41, 5.74) is 0.272. The van der Waals surface area contributed by atoms with Gasteiger partial charge in [0, 0.05) is 23.5 Å². The van der Waals surface area contributed by atoms with Crippen molar-refractivity contribution in [3.8, 4) is 0 Å². The van der Waals surface area contributed by atoms with Crippen LogP contribution in [0.3, 0.4) is 0 Å². The molecule has 154 valence electrons. The van der Waals surface area contributed by atoms with Crippen LogP contribution in [0.1, 0.15) is 35.0 Å². The molecular formula is C18H19ClN4O4S2. The van der Waals surface area contributed by atoms with Gasteiger partial charge in [-0.2, -0.15) is 4.31 Å². The van der Waals surface area contributed by atoms with Crippen molar-refractivity contribution in [1.29, 1.82) is 0 Å². The molecule has 0 fully saturated rings. The summed E-state index contributed by atoms with van der Waals surface area (Å²) in [6.45, 7) is 4.29. The topological polar surface area (TPSA) is 105 Å². The number of amides is 1. The number of anilines is 1. The lowest BCUT2D eigenvalue weighted by molar-refractivity contribution is 0.102. The van der Waals surface area contributed by atoms with E-state index in [1.807, 2.05) is 6.07 Å². The number of hydrogen-bond acceptors (Lipinski definition) is 7. The van der Waals surface area contributed by atoms with Gasteiger partial charge in [-0.3, -0.25) is 10.1 Å². The first kappa shape index (κ1) is 21.4. The SMILES string of the molecule is CCN(CC)S(=O)(=O)c1ccc(C(=O)Nc2nnc(Cc3ccc(Cl)s3)o2)cc1. The Kier molecular flexibility index (Phi) is 6.68. The van der Waals surface area contributed by atoms with Gasteiger partial charge < -0.3 is 4.42 Å². The number of hydrogen-bond donors (Lipinski definition) is 1. The molecule has 1 N–H and O–H groups in total. The zero-order valence-corrected chi connectivity index (χ0v) is 18.1. The highest BCUT2D eigenvalue weighted by atomic mass is 35.5. The summed E-state index contributed by atoms with van der Waals surface area (Å²) < 4.78 is 32.5. The van der Waals surface area contributed by atoms with Crippen molar-refractivity contribution in [1.82, 2.24) is 14.5 Å². The van der Waals surface area contributed by atoms with Crippen LogP contribution >= 0.6 is 22.9 Å². The van der Waals surface area contributed by atoms with Crippen molar-refractivity contribution in [2.24, 2.45) is 0 Å². The summed E-state index contributed by atoms with van der Waals surface area (Å²) in [4.78, 5) is 13.5. The standard InChI is InChI=1S/C18H19ClN4O4S2/c1-3-23(4-2)29(25,26)14-8-5-12(6-9-14)17(24)20-18-22-21-16(27-18)11-13-7-10-15(19)28-13/h5-10H,3-4,11H2,1-2H3,(H,20,22,24). The lowest BCUT2D eigenvalue weighted by Gasteiger charge is -2.18. The maximum absolute atomic E-state index is 12.5. The van der Waals surface area contributed by atoms with Crippen molar-refractivity contribution in [3.05, 3.63) is 57.1 Å². The number of nitrogens with zero attached hydrogens (tertiary/aromatic N) is 3. The molecule has 0 spiro atoms. The Morgan fingerprint density at radius 1 is 1.14 bits per heavy atom. The summed E-state index contributed by atoms with van der Waals surface area (Å²) in [7, 11) is -3.57. The number of halogens is 1. The largest absolute Gasteiger partial charge is 0.407 e. The molecule has 1 amide bonds. The average molecular weight is 455 g/mol. The molecule has 0 saturated heterocycles. The van der Waals surface area contributed by atoms with Crippen LogP contribution in [0, 0.1) is 0 Å². The van der Waals surface area contributed by atoms with Gasteiger partial charge in [0.1, 0.15) is 0 Å². The molecule has 0 saturated carbocycles. The molecule has 0 aliphatic rings. The number of carbonyl (C=O) groups excluding carboxylic acids is 1. The highest BCUT2D eigenvalue weighted by molar-refractivity contribution is 7.89. The summed E-state index contributed by atoms with van der Waals surface area (Å²) in [5, 5.41) is 10.2. The third-order valence-corrected chi connectivity index (χ3v) is 7.40. The Bertz CT molecular complexity index is 1090. The van der Waals surface area contributed by atoms with E-state index in [9.17, 15) is 13.2 Å². The predicted octanol–water partition coefficient (Wildman–Crippen LogP) is 3.66. The molecule has 0 bridgehead atoms. The Morgan fingerprint density at radius 2 is 1.83 bits per heavy atom. The van der Waals surface area contributed by atoms with E-state index in [2.05, 4.69) is 15.5 Å². The highest BCUT2D eigenvalue weighted by Crippen LogP contribution is 2.24. The first-order valence-corrected chi connectivity index (χ1v) is 11.4. The highest BCUT2D eigenvalue weighted by Gasteiger charge is 2.22. The van der Waals surface area contributed by atoms with Crippen molar-refractivity contribution in [2.45, 2.75) is 25.2 Å². The second kappa shape index (κ2) is 9.04. The van der Waals surface area contributed by atoms with Crippen LogP contribution < -0.4 is 5.32 Å². The van der Waals surface area contributed by atoms with E-state index in [0.717, 1.165) is 4.88 Å². The Balaban J connectivity index is 1.67. The van der Waals surface area contributed by atoms with Gasteiger partial charge in [-0.05, 0) is 36.4 Å². The lowest BCUT2D eigenvalue weighted by atomic mass is 10.2. The van der Waals surface area contributed by atoms with Crippen molar-refractivity contribution in [2.75, 3.05) is 18.4 Å². The van der Waals surface area contributed by atoms with Gasteiger partial charge in [0.15, 0.2) is 0 Å². The fourth-order valence-corrected chi connectivity index (χ4v) is 5.17. The molecular weight excluding hydrogens is 436 g/mol. The van der Waals surface area contributed by atoms with Gasteiger partial charge in [0.25, 0.3) is 5.91 Å². The van der Waals surface area contributed by atoms with E-state index in [1.54, 1.807) is 19.9 Å². The van der Waals surface area contributed by atoms with E-state index >= 15 is 0 Å². The van der Waals surface area contributed by atoms with Gasteiger partial charge >= 0.3 is 6.01 Å². The number of rotatable bonds is 8. The molecule has 0 aliphatic carbocycles. The van der Waals surface area contributed by atoms with Gasteiger partial charge in [-0.1, -0.05) is 30.5 Å². The fourth-order valence-electron chi connectivity index (χ4n) is 2.63. The summed E-state index contributed by atoms with van der Waals surface area (Å²) >= 11 is 7.30. The van der Waals surface area contributed by atoms with E-state index < -0.39 is 15.9 Å². The molecule has 11 heteroatoms. The minimum absolute atomic E-state index is 0.0347. The van der Waals surface area contributed by atoms with E-state index in [4.69, 9.17) is 16.0 Å². The number of thiophene rings is 1. The molecule has 0 aliphatic heterocycles. The molecule has 0 radical (unpaired) electrons. The summed E-state index contributed by atoms with van der Waals surface area (Å²) in [6, 6.07) is 9.30. The van der Waals surface area contributed by atoms with Gasteiger partial charge in [-0.15, -0.1) is 16.4 Å². The molecule has 3 aromatic rings. The Morgan fingerprint density at radius 3 is 2.41 bits per heavy atom. The first-order chi connectivity index (χ1) is 13.8. The molecule has 0 unspecified atom stereocenters. The van der Waals surface area contributed by atoms with E-state index in [-0.39, 0.29) is 16.5 Å². The third kappa shape index (κ3) is 5.02. The van der Waals surface area contributed by atoms with Crippen LogP contribution in [0.15, 0.2) is 45.7 Å². The molecule has 2 heterocycles. The maximum atomic E-state index is 12.5. The summed E-state index contributed by atoms with van der Waals surface area (Å²) in [5.74, 6) is -0.134. The van der Waals surface area contributed by atoms with Crippen LogP contribution in [0.4, 0.5) is 6.01 Å². The normalized spacial score (nSPS) is 11.7. The molecule has 3 rings (SSSR count). The van der Waals surface area contributed by atoms with Gasteiger partial charge in [0.2, 0.25) is 15.9 Å². The lowest BCUT2D eigenvalue weighted by Crippen LogP contribution is -2.30. The van der Waals surface area contributed by atoms with Crippen LogP contribution in [0.2, 0.25) is 4.34 Å². The number of carbonyl (C=O) groups is 1. The second-order valence-electron chi connectivity index (χ2n) is 5.95. The summed E-state index contributed by atoms with van der Waals surface area (Å²) in [6.07, 6.45) is 0.415. The number of benzene rings is 1. The smallest absolute Gasteiger partial charge is 0.322 e. The predicted molar refractivity (Wildman–Crippen MR) is 111 cm³/mol. The second-order valence-corrected chi connectivity index (χ2v) is 9.69. The monoisotopic (exact) mass is 454 g/mol. The molecule has 0 atom stereocenters. The third-order valence-electron chi connectivity index (χ3n) is 4.10. The van der Waals surface area contributed by atoms with Crippen LogP contribution in [0.5, 0.6) is 0 Å². The van der Waals surface area contributed by atoms with Crippen molar-refractivity contribution < 1.29 is 17.6 Å². The van der Waals surface area contributed by atoms with E-state index in [1.165, 1.54) is 39.9 Å². The first-order valence-electron chi connectivity index (χ1n) is 8.81. The van der Waals surface area contributed by atoms with E-state index in [0.29, 0.717) is 29.7 Å². The Labute approximate surface area is 177 Å². The van der Waals surface area contributed by atoms with Crippen molar-refractivity contribution in [3.63, 3.8) is 0 Å². The molecule has 2 aromatic heterocycles. The number of aromatic nitrogens is 2. The maximum Gasteiger partial charge on any atom is 0.322 e. The number of nitrogens with one attached hydrogen (secondary N) is 1. The van der Waals surface area contributed by atoms with Crippen LogP contribution in [0.25, 0.3) is 0 Å². The molecule has 8 nitrogen and oxygen atoms in total. The van der Waals surface area contributed by atoms with Crippen molar-refractivity contribution >= 4 is 44.9 Å². The molecule has 29 heavy (non-hydrogen) atoms. The molecule has 1 aromatic carbocycles. The van der Waals surface area contributed by atoms with Crippen LogP contribution in [-0.2, 0) is 16.4 Å². The van der Waals surface area contributed by atoms with Gasteiger partial charge in [0.05, 0.1) is 15.7 Å².